The van der Waals surface area contributed by atoms with Crippen molar-refractivity contribution in [1.82, 2.24) is 19.7 Å². The van der Waals surface area contributed by atoms with Crippen molar-refractivity contribution in [2.75, 3.05) is 0 Å². The van der Waals surface area contributed by atoms with Gasteiger partial charge >= 0.3 is 0 Å². The van der Waals surface area contributed by atoms with Gasteiger partial charge in [-0.05, 0) is 36.5 Å². The highest BCUT2D eigenvalue weighted by Gasteiger charge is 2.32. The first-order valence-electron chi connectivity index (χ1n) is 7.09. The smallest absolute Gasteiger partial charge is 0.216 e. The zero-order chi connectivity index (χ0) is 15.6. The van der Waals surface area contributed by atoms with Crippen molar-refractivity contribution >= 4 is 10.0 Å². The summed E-state index contributed by atoms with van der Waals surface area (Å²) in [5.74, 6) is -0.220. The number of sulfonamides is 1. The second-order valence-electron chi connectivity index (χ2n) is 5.67. The molecule has 1 aromatic heterocycles. The van der Waals surface area contributed by atoms with Crippen LogP contribution in [0.25, 0.3) is 0 Å². The van der Waals surface area contributed by atoms with Gasteiger partial charge in [-0.2, -0.15) is 0 Å². The van der Waals surface area contributed by atoms with Crippen LogP contribution in [-0.2, 0) is 22.3 Å². The molecule has 2 aromatic rings. The van der Waals surface area contributed by atoms with Crippen LogP contribution in [0.5, 0.6) is 0 Å². The van der Waals surface area contributed by atoms with E-state index < -0.39 is 15.8 Å². The van der Waals surface area contributed by atoms with Crippen molar-refractivity contribution in [1.29, 1.82) is 0 Å². The topological polar surface area (TPSA) is 76.9 Å². The van der Waals surface area contributed by atoms with Crippen LogP contribution < -0.4 is 4.72 Å². The molecule has 0 unspecified atom stereocenters. The van der Waals surface area contributed by atoms with E-state index in [0.717, 1.165) is 19.4 Å². The maximum atomic E-state index is 13.1. The summed E-state index contributed by atoms with van der Waals surface area (Å²) < 4.78 is 41.7. The first-order chi connectivity index (χ1) is 10.5. The molecule has 1 heterocycles. The predicted molar refractivity (Wildman–Crippen MR) is 78.7 cm³/mol. The predicted octanol–water partition coefficient (Wildman–Crippen LogP) is 1.32. The lowest BCUT2D eigenvalue weighted by atomic mass is 9.81. The van der Waals surface area contributed by atoms with Crippen LogP contribution >= 0.6 is 0 Å². The fourth-order valence-corrected chi connectivity index (χ4v) is 4.12. The average Bonchev–Trinajstić information content (AvgIpc) is 2.88. The maximum absolute atomic E-state index is 13.1. The van der Waals surface area contributed by atoms with Gasteiger partial charge in [-0.15, -0.1) is 5.10 Å². The SMILES string of the molecule is O=S(=O)(Cc1cccc(F)c1)NC1CC(Cn2ccnn2)C1. The van der Waals surface area contributed by atoms with Gasteiger partial charge in [-0.25, -0.2) is 17.5 Å². The molecule has 0 saturated heterocycles. The van der Waals surface area contributed by atoms with Crippen molar-refractivity contribution < 1.29 is 12.8 Å². The number of hydrogen-bond donors (Lipinski definition) is 1. The Bertz CT molecular complexity index is 727. The number of benzene rings is 1. The van der Waals surface area contributed by atoms with E-state index >= 15 is 0 Å². The number of rotatable bonds is 6. The van der Waals surface area contributed by atoms with Gasteiger partial charge in [0.1, 0.15) is 5.82 Å². The molecule has 1 aliphatic rings. The summed E-state index contributed by atoms with van der Waals surface area (Å²) in [5, 5.41) is 7.63. The van der Waals surface area contributed by atoms with Gasteiger partial charge in [0.15, 0.2) is 0 Å². The van der Waals surface area contributed by atoms with E-state index in [0.29, 0.717) is 11.5 Å². The molecule has 1 fully saturated rings. The van der Waals surface area contributed by atoms with Crippen LogP contribution in [0.1, 0.15) is 18.4 Å². The van der Waals surface area contributed by atoms with Crippen LogP contribution in [0.15, 0.2) is 36.7 Å². The van der Waals surface area contributed by atoms with Gasteiger partial charge in [0.25, 0.3) is 0 Å². The van der Waals surface area contributed by atoms with Crippen molar-refractivity contribution in [3.63, 3.8) is 0 Å². The Morgan fingerprint density at radius 2 is 2.18 bits per heavy atom. The molecule has 1 aromatic carbocycles. The van der Waals surface area contributed by atoms with Crippen molar-refractivity contribution in [2.24, 2.45) is 5.92 Å². The van der Waals surface area contributed by atoms with Crippen molar-refractivity contribution in [3.8, 4) is 0 Å². The monoisotopic (exact) mass is 324 g/mol. The van der Waals surface area contributed by atoms with Gasteiger partial charge in [0.05, 0.1) is 11.9 Å². The van der Waals surface area contributed by atoms with Gasteiger partial charge in [-0.1, -0.05) is 17.3 Å². The Hall–Kier alpha value is -1.80. The van der Waals surface area contributed by atoms with E-state index in [9.17, 15) is 12.8 Å². The summed E-state index contributed by atoms with van der Waals surface area (Å²) in [6.07, 6.45) is 4.98. The third-order valence-electron chi connectivity index (χ3n) is 3.74. The standard InChI is InChI=1S/C14H17FN4O2S/c15-13-3-1-2-11(6-13)10-22(20,21)17-14-7-12(8-14)9-19-5-4-16-18-19/h1-6,12,14,17H,7-10H2. The fraction of sp³-hybridized carbons (Fsp3) is 0.429. The first kappa shape index (κ1) is 15.1. The number of nitrogens with zero attached hydrogens (tertiary/aromatic N) is 3. The molecule has 0 spiro atoms. The highest BCUT2D eigenvalue weighted by Crippen LogP contribution is 2.29. The molecule has 0 amide bonds. The molecule has 6 nitrogen and oxygen atoms in total. The summed E-state index contributed by atoms with van der Waals surface area (Å²) in [6.45, 7) is 0.752. The molecule has 3 rings (SSSR count). The molecular weight excluding hydrogens is 307 g/mol. The molecule has 1 saturated carbocycles. The first-order valence-corrected chi connectivity index (χ1v) is 8.74. The zero-order valence-corrected chi connectivity index (χ0v) is 12.7. The molecule has 1 N–H and O–H groups in total. The molecular formula is C14H17FN4O2S. The lowest BCUT2D eigenvalue weighted by molar-refractivity contribution is 0.212. The minimum atomic E-state index is -3.45. The number of hydrogen-bond acceptors (Lipinski definition) is 4. The molecule has 1 aliphatic carbocycles. The van der Waals surface area contributed by atoms with Gasteiger partial charge in [-0.3, -0.25) is 4.68 Å². The van der Waals surface area contributed by atoms with E-state index in [1.165, 1.54) is 18.2 Å². The third kappa shape index (κ3) is 3.89. The Morgan fingerprint density at radius 1 is 1.36 bits per heavy atom. The van der Waals surface area contributed by atoms with Crippen molar-refractivity contribution in [3.05, 3.63) is 48.0 Å². The van der Waals surface area contributed by atoms with E-state index in [1.807, 2.05) is 0 Å². The second kappa shape index (κ2) is 6.13. The van der Waals surface area contributed by atoms with Gasteiger partial charge in [0, 0.05) is 18.8 Å². The Morgan fingerprint density at radius 3 is 2.86 bits per heavy atom. The molecule has 0 atom stereocenters. The summed E-state index contributed by atoms with van der Waals surface area (Å²) >= 11 is 0. The van der Waals surface area contributed by atoms with E-state index in [1.54, 1.807) is 23.1 Å². The Labute approximate surface area is 128 Å². The summed E-state index contributed by atoms with van der Waals surface area (Å²) in [6, 6.07) is 5.61. The van der Waals surface area contributed by atoms with Gasteiger partial charge < -0.3 is 0 Å². The van der Waals surface area contributed by atoms with Crippen LogP contribution in [0.2, 0.25) is 0 Å². The Kier molecular flexibility index (Phi) is 4.21. The average molecular weight is 324 g/mol. The fourth-order valence-electron chi connectivity index (χ4n) is 2.72. The molecule has 22 heavy (non-hydrogen) atoms. The van der Waals surface area contributed by atoms with Gasteiger partial charge in [0.2, 0.25) is 10.0 Å². The quantitative estimate of drug-likeness (QED) is 0.869. The molecule has 118 valence electrons. The highest BCUT2D eigenvalue weighted by atomic mass is 32.2. The van der Waals surface area contributed by atoms with Crippen LogP contribution in [0.4, 0.5) is 4.39 Å². The van der Waals surface area contributed by atoms with Crippen molar-refractivity contribution in [2.45, 2.75) is 31.2 Å². The number of halogens is 1. The Balaban J connectivity index is 1.49. The van der Waals surface area contributed by atoms with Crippen LogP contribution in [0, 0.1) is 11.7 Å². The molecule has 0 radical (unpaired) electrons. The van der Waals surface area contributed by atoms with E-state index in [4.69, 9.17) is 0 Å². The van der Waals surface area contributed by atoms with Crippen LogP contribution in [-0.4, -0.2) is 29.5 Å². The summed E-state index contributed by atoms with van der Waals surface area (Å²) in [5.41, 5.74) is 0.450. The maximum Gasteiger partial charge on any atom is 0.216 e. The van der Waals surface area contributed by atoms with E-state index in [-0.39, 0.29) is 11.8 Å². The number of aromatic nitrogens is 3. The normalized spacial score (nSPS) is 21.5. The largest absolute Gasteiger partial charge is 0.252 e. The third-order valence-corrected chi connectivity index (χ3v) is 5.15. The second-order valence-corrected chi connectivity index (χ2v) is 7.42. The lowest BCUT2D eigenvalue weighted by Crippen LogP contribution is -2.45. The highest BCUT2D eigenvalue weighted by molar-refractivity contribution is 7.88. The minimum absolute atomic E-state index is 0.0490. The molecule has 8 heteroatoms. The zero-order valence-electron chi connectivity index (χ0n) is 11.9. The summed E-state index contributed by atoms with van der Waals surface area (Å²) in [4.78, 5) is 0. The van der Waals surface area contributed by atoms with Crippen LogP contribution in [0.3, 0.4) is 0 Å². The summed E-state index contributed by atoms with van der Waals surface area (Å²) in [7, 11) is -3.45. The lowest BCUT2D eigenvalue weighted by Gasteiger charge is -2.35. The number of nitrogens with one attached hydrogen (secondary N) is 1. The molecule has 0 bridgehead atoms. The molecule has 0 aliphatic heterocycles. The van der Waals surface area contributed by atoms with E-state index in [2.05, 4.69) is 15.0 Å². The minimum Gasteiger partial charge on any atom is -0.252 e.